The third kappa shape index (κ3) is 9.76. The van der Waals surface area contributed by atoms with Crippen molar-refractivity contribution in [3.05, 3.63) is 21.9 Å². The van der Waals surface area contributed by atoms with Crippen LogP contribution in [0.5, 0.6) is 0 Å². The maximum Gasteiger partial charge on any atom is 0.211 e. The van der Waals surface area contributed by atoms with Gasteiger partial charge in [0.05, 0.1) is 12.8 Å². The lowest BCUT2D eigenvalue weighted by molar-refractivity contribution is 0.424. The van der Waals surface area contributed by atoms with Gasteiger partial charge in [-0.1, -0.05) is 13.8 Å². The zero-order chi connectivity index (χ0) is 18.0. The highest BCUT2D eigenvalue weighted by Crippen LogP contribution is 2.17. The molecule has 0 atom stereocenters. The number of guanidine groups is 1. The molecule has 0 aromatic carbocycles. The van der Waals surface area contributed by atoms with Gasteiger partial charge in [-0.25, -0.2) is 17.7 Å². The molecule has 0 spiro atoms. The van der Waals surface area contributed by atoms with Crippen molar-refractivity contribution in [3.63, 3.8) is 0 Å². The molecule has 6 nitrogen and oxygen atoms in total. The van der Waals surface area contributed by atoms with Crippen LogP contribution in [-0.4, -0.2) is 51.1 Å². The number of aliphatic imine (C=N–C) groups is 1. The Morgan fingerprint density at radius 3 is 2.40 bits per heavy atom. The topological polar surface area (TPSA) is 73.8 Å². The van der Waals surface area contributed by atoms with E-state index in [0.717, 1.165) is 25.3 Å². The van der Waals surface area contributed by atoms with E-state index in [0.29, 0.717) is 26.2 Å². The van der Waals surface area contributed by atoms with Crippen LogP contribution in [0.4, 0.5) is 0 Å². The second kappa shape index (κ2) is 12.9. The van der Waals surface area contributed by atoms with Crippen molar-refractivity contribution in [2.24, 2.45) is 4.99 Å². The highest BCUT2D eigenvalue weighted by molar-refractivity contribution is 14.0. The van der Waals surface area contributed by atoms with E-state index in [4.69, 9.17) is 0 Å². The van der Waals surface area contributed by atoms with Crippen LogP contribution in [-0.2, 0) is 23.0 Å². The Balaban J connectivity index is 0.00000576. The number of nitrogens with one attached hydrogen (secondary N) is 2. The fraction of sp³-hybridized carbons (Fsp3) is 0.688. The van der Waals surface area contributed by atoms with E-state index < -0.39 is 10.0 Å². The molecule has 1 aromatic rings. The Bertz CT molecular complexity index is 617. The summed E-state index contributed by atoms with van der Waals surface area (Å²) in [4.78, 5) is 7.21. The minimum absolute atomic E-state index is 0. The minimum Gasteiger partial charge on any atom is -0.357 e. The number of nitrogens with zero attached hydrogens (tertiary/aromatic N) is 2. The zero-order valence-corrected chi connectivity index (χ0v) is 19.5. The SMILES string of the molecule is CCNC(=NCc1ccc(CC)s1)NCCCN(CC)S(C)(=O)=O.I. The van der Waals surface area contributed by atoms with Crippen molar-refractivity contribution in [2.45, 2.75) is 40.2 Å². The van der Waals surface area contributed by atoms with Crippen molar-refractivity contribution in [2.75, 3.05) is 32.4 Å². The number of halogens is 1. The number of hydrogen-bond acceptors (Lipinski definition) is 4. The molecule has 0 bridgehead atoms. The second-order valence-corrected chi connectivity index (χ2v) is 8.69. The summed E-state index contributed by atoms with van der Waals surface area (Å²) in [5.41, 5.74) is 0. The number of hydrogen-bond donors (Lipinski definition) is 2. The van der Waals surface area contributed by atoms with Gasteiger partial charge in [0.25, 0.3) is 0 Å². The summed E-state index contributed by atoms with van der Waals surface area (Å²) < 4.78 is 24.6. The van der Waals surface area contributed by atoms with Gasteiger partial charge in [0.1, 0.15) is 0 Å². The summed E-state index contributed by atoms with van der Waals surface area (Å²) >= 11 is 1.79. The molecule has 0 aliphatic carbocycles. The first-order valence-electron chi connectivity index (χ1n) is 8.45. The summed E-state index contributed by atoms with van der Waals surface area (Å²) in [6, 6.07) is 4.28. The maximum absolute atomic E-state index is 11.5. The Morgan fingerprint density at radius 1 is 1.20 bits per heavy atom. The number of rotatable bonds is 10. The van der Waals surface area contributed by atoms with Gasteiger partial charge in [-0.15, -0.1) is 35.3 Å². The van der Waals surface area contributed by atoms with Crippen LogP contribution in [0.2, 0.25) is 0 Å². The molecule has 0 amide bonds. The first kappa shape index (κ1) is 24.6. The van der Waals surface area contributed by atoms with Gasteiger partial charge in [0.2, 0.25) is 10.0 Å². The molecule has 0 fully saturated rings. The van der Waals surface area contributed by atoms with Crippen LogP contribution in [0.3, 0.4) is 0 Å². The van der Waals surface area contributed by atoms with Crippen molar-refractivity contribution >= 4 is 51.3 Å². The van der Waals surface area contributed by atoms with Gasteiger partial charge < -0.3 is 10.6 Å². The molecule has 1 rings (SSSR count). The predicted molar refractivity (Wildman–Crippen MR) is 119 cm³/mol. The lowest BCUT2D eigenvalue weighted by Gasteiger charge is -2.18. The van der Waals surface area contributed by atoms with E-state index in [-0.39, 0.29) is 24.0 Å². The number of thiophene rings is 1. The highest BCUT2D eigenvalue weighted by Gasteiger charge is 2.13. The first-order chi connectivity index (χ1) is 11.4. The van der Waals surface area contributed by atoms with Crippen LogP contribution in [0, 0.1) is 0 Å². The van der Waals surface area contributed by atoms with E-state index in [1.165, 1.54) is 20.3 Å². The van der Waals surface area contributed by atoms with E-state index in [1.807, 2.05) is 13.8 Å². The van der Waals surface area contributed by atoms with E-state index in [1.54, 1.807) is 11.3 Å². The predicted octanol–water partition coefficient (Wildman–Crippen LogP) is 2.66. The lowest BCUT2D eigenvalue weighted by atomic mass is 10.4. The van der Waals surface area contributed by atoms with E-state index in [2.05, 4.69) is 34.7 Å². The van der Waals surface area contributed by atoms with Crippen molar-refractivity contribution in [3.8, 4) is 0 Å². The van der Waals surface area contributed by atoms with Crippen LogP contribution in [0.1, 0.15) is 36.9 Å². The molecule has 0 radical (unpaired) electrons. The zero-order valence-electron chi connectivity index (χ0n) is 15.5. The summed E-state index contributed by atoms with van der Waals surface area (Å²) in [6.45, 7) is 9.19. The molecule has 0 saturated heterocycles. The fourth-order valence-corrected chi connectivity index (χ4v) is 4.03. The minimum atomic E-state index is -3.11. The molecule has 0 unspecified atom stereocenters. The smallest absolute Gasteiger partial charge is 0.211 e. The molecular weight excluding hydrogens is 471 g/mol. The Morgan fingerprint density at radius 2 is 1.88 bits per heavy atom. The molecule has 2 N–H and O–H groups in total. The Labute approximate surface area is 173 Å². The van der Waals surface area contributed by atoms with Gasteiger partial charge in [-0.2, -0.15) is 0 Å². The number of sulfonamides is 1. The van der Waals surface area contributed by atoms with Gasteiger partial charge in [0.15, 0.2) is 5.96 Å². The molecule has 25 heavy (non-hydrogen) atoms. The number of aryl methyl sites for hydroxylation is 1. The fourth-order valence-electron chi connectivity index (χ4n) is 2.22. The van der Waals surface area contributed by atoms with E-state index >= 15 is 0 Å². The van der Waals surface area contributed by atoms with Crippen LogP contribution in [0.25, 0.3) is 0 Å². The van der Waals surface area contributed by atoms with Crippen LogP contribution in [0.15, 0.2) is 17.1 Å². The largest absolute Gasteiger partial charge is 0.357 e. The molecular formula is C16H31IN4O2S2. The average molecular weight is 502 g/mol. The van der Waals surface area contributed by atoms with Gasteiger partial charge in [-0.05, 0) is 31.9 Å². The van der Waals surface area contributed by atoms with Crippen LogP contribution >= 0.6 is 35.3 Å². The molecule has 9 heteroatoms. The standard InChI is InChI=1S/C16H30N4O2S2.HI/c1-5-14-9-10-15(23-14)13-19-16(17-6-2)18-11-8-12-20(7-3)24(4,21)22;/h9-10H,5-8,11-13H2,1-4H3,(H2,17,18,19);1H. The van der Waals surface area contributed by atoms with Crippen LogP contribution < -0.4 is 10.6 Å². The molecule has 0 aliphatic rings. The molecule has 1 heterocycles. The summed E-state index contributed by atoms with van der Waals surface area (Å²) in [5.74, 6) is 0.770. The first-order valence-corrected chi connectivity index (χ1v) is 11.1. The monoisotopic (exact) mass is 502 g/mol. The average Bonchev–Trinajstić information content (AvgIpc) is 2.99. The van der Waals surface area contributed by atoms with Gasteiger partial charge in [0, 0.05) is 35.9 Å². The van der Waals surface area contributed by atoms with Crippen molar-refractivity contribution < 1.29 is 8.42 Å². The van der Waals surface area contributed by atoms with Gasteiger partial charge >= 0.3 is 0 Å². The van der Waals surface area contributed by atoms with Crippen molar-refractivity contribution in [1.29, 1.82) is 0 Å². The maximum atomic E-state index is 11.5. The lowest BCUT2D eigenvalue weighted by Crippen LogP contribution is -2.39. The summed E-state index contributed by atoms with van der Waals surface area (Å²) in [7, 11) is -3.11. The molecule has 0 aliphatic heterocycles. The quantitative estimate of drug-likeness (QED) is 0.223. The molecule has 1 aromatic heterocycles. The van der Waals surface area contributed by atoms with Gasteiger partial charge in [-0.3, -0.25) is 0 Å². The second-order valence-electron chi connectivity index (χ2n) is 5.45. The van der Waals surface area contributed by atoms with Crippen molar-refractivity contribution in [1.82, 2.24) is 14.9 Å². The third-order valence-corrected chi connectivity index (χ3v) is 6.09. The Hall–Kier alpha value is -0.390. The molecule has 0 saturated carbocycles. The summed E-state index contributed by atoms with van der Waals surface area (Å²) in [6.07, 6.45) is 3.05. The summed E-state index contributed by atoms with van der Waals surface area (Å²) in [5, 5.41) is 6.48. The molecule has 146 valence electrons. The highest BCUT2D eigenvalue weighted by atomic mass is 127. The normalized spacial score (nSPS) is 12.1. The van der Waals surface area contributed by atoms with E-state index in [9.17, 15) is 8.42 Å². The Kier molecular flexibility index (Phi) is 12.7. The third-order valence-electron chi connectivity index (χ3n) is 3.50.